The van der Waals surface area contributed by atoms with E-state index in [0.29, 0.717) is 22.0 Å². The number of benzene rings is 2. The zero-order chi connectivity index (χ0) is 14.5. The number of nitrogens with one attached hydrogen (secondary N) is 2. The molecular weight excluding hydrogens is 278 g/mol. The van der Waals surface area contributed by atoms with Crippen LogP contribution in [0.5, 0.6) is 0 Å². The molecule has 0 saturated carbocycles. The van der Waals surface area contributed by atoms with Gasteiger partial charge in [0, 0.05) is 10.7 Å². The van der Waals surface area contributed by atoms with Gasteiger partial charge in [-0.15, -0.1) is 0 Å². The fourth-order valence-corrected chi connectivity index (χ4v) is 1.89. The Morgan fingerprint density at radius 1 is 1.20 bits per heavy atom. The Hall–Kier alpha value is -2.08. The van der Waals surface area contributed by atoms with Crippen molar-refractivity contribution in [3.05, 3.63) is 58.6 Å². The number of nitrogens with two attached hydrogens (primary N) is 1. The van der Waals surface area contributed by atoms with Crippen molar-refractivity contribution in [3.63, 3.8) is 0 Å². The van der Waals surface area contributed by atoms with Crippen LogP contribution in [-0.4, -0.2) is 11.0 Å². The first-order valence-electron chi connectivity index (χ1n) is 5.91. The third-order valence-corrected chi connectivity index (χ3v) is 3.01. The summed E-state index contributed by atoms with van der Waals surface area (Å²) in [6.07, 6.45) is 0. The summed E-state index contributed by atoms with van der Waals surface area (Å²) < 4.78 is 0. The molecule has 20 heavy (non-hydrogen) atoms. The Morgan fingerprint density at radius 2 is 1.90 bits per heavy atom. The average Bonchev–Trinajstić information content (AvgIpc) is 2.48. The smallest absolute Gasteiger partial charge is 0.257 e. The molecule has 0 aliphatic carbocycles. The number of aliphatic hydroxyl groups excluding tert-OH is 1. The molecule has 0 aromatic heterocycles. The molecule has 2 aromatic rings. The van der Waals surface area contributed by atoms with Gasteiger partial charge in [0.2, 0.25) is 0 Å². The van der Waals surface area contributed by atoms with Crippen LogP contribution >= 0.6 is 11.6 Å². The maximum Gasteiger partial charge on any atom is 0.257 e. The normalized spacial score (nSPS) is 10.2. The number of halogens is 1. The first kappa shape index (κ1) is 14.3. The molecule has 2 rings (SSSR count). The lowest BCUT2D eigenvalue weighted by atomic mass is 10.1. The monoisotopic (exact) mass is 291 g/mol. The Labute approximate surface area is 121 Å². The van der Waals surface area contributed by atoms with Crippen LogP contribution in [0.1, 0.15) is 15.9 Å². The predicted molar refractivity (Wildman–Crippen MR) is 79.6 cm³/mol. The number of aliphatic hydroxyl groups is 1. The highest BCUT2D eigenvalue weighted by molar-refractivity contribution is 6.31. The SMILES string of the molecule is NNc1ccc(Cl)cc1C(=O)Nc1ccc(CO)cc1. The summed E-state index contributed by atoms with van der Waals surface area (Å²) in [6.45, 7) is -0.0379. The minimum absolute atomic E-state index is 0.0379. The van der Waals surface area contributed by atoms with Crippen molar-refractivity contribution < 1.29 is 9.90 Å². The molecule has 0 spiro atoms. The minimum atomic E-state index is -0.322. The largest absolute Gasteiger partial charge is 0.392 e. The van der Waals surface area contributed by atoms with E-state index in [1.807, 2.05) is 0 Å². The number of hydrogen-bond donors (Lipinski definition) is 4. The summed E-state index contributed by atoms with van der Waals surface area (Å²) in [5.41, 5.74) is 4.69. The van der Waals surface area contributed by atoms with Crippen LogP contribution in [0.3, 0.4) is 0 Å². The molecule has 0 aliphatic rings. The van der Waals surface area contributed by atoms with Gasteiger partial charge in [0.05, 0.1) is 17.9 Å². The Kier molecular flexibility index (Phi) is 4.57. The predicted octanol–water partition coefficient (Wildman–Crippen LogP) is 2.37. The van der Waals surface area contributed by atoms with Gasteiger partial charge in [-0.3, -0.25) is 10.6 Å². The molecule has 6 heteroatoms. The molecule has 5 N–H and O–H groups in total. The molecular formula is C14H14ClN3O2. The molecule has 2 aromatic carbocycles. The fourth-order valence-electron chi connectivity index (χ4n) is 1.72. The van der Waals surface area contributed by atoms with Crippen LogP contribution in [0.4, 0.5) is 11.4 Å². The van der Waals surface area contributed by atoms with Gasteiger partial charge in [0.1, 0.15) is 0 Å². The van der Waals surface area contributed by atoms with E-state index in [1.165, 1.54) is 6.07 Å². The van der Waals surface area contributed by atoms with Gasteiger partial charge in [0.15, 0.2) is 0 Å². The summed E-state index contributed by atoms with van der Waals surface area (Å²) in [5, 5.41) is 12.1. The highest BCUT2D eigenvalue weighted by Gasteiger charge is 2.12. The van der Waals surface area contributed by atoms with Gasteiger partial charge in [-0.25, -0.2) is 0 Å². The molecule has 1 amide bonds. The summed E-state index contributed by atoms with van der Waals surface area (Å²) in [6, 6.07) is 11.7. The third-order valence-electron chi connectivity index (χ3n) is 2.78. The summed E-state index contributed by atoms with van der Waals surface area (Å²) in [4.78, 5) is 12.2. The highest BCUT2D eigenvalue weighted by Crippen LogP contribution is 2.21. The van der Waals surface area contributed by atoms with Gasteiger partial charge in [-0.2, -0.15) is 0 Å². The van der Waals surface area contributed by atoms with Crippen molar-refractivity contribution in [2.45, 2.75) is 6.61 Å². The summed E-state index contributed by atoms with van der Waals surface area (Å²) in [5.74, 6) is 5.05. The number of carbonyl (C=O) groups excluding carboxylic acids is 1. The number of anilines is 2. The Bertz CT molecular complexity index is 614. The number of hydrogen-bond acceptors (Lipinski definition) is 4. The first-order valence-corrected chi connectivity index (χ1v) is 6.29. The lowest BCUT2D eigenvalue weighted by Gasteiger charge is -2.10. The lowest BCUT2D eigenvalue weighted by Crippen LogP contribution is -2.17. The molecule has 0 saturated heterocycles. The molecule has 0 fully saturated rings. The van der Waals surface area contributed by atoms with E-state index in [-0.39, 0.29) is 12.5 Å². The highest BCUT2D eigenvalue weighted by atomic mass is 35.5. The zero-order valence-corrected chi connectivity index (χ0v) is 11.3. The second-order valence-corrected chi connectivity index (χ2v) is 4.58. The van der Waals surface area contributed by atoms with Crippen molar-refractivity contribution in [2.75, 3.05) is 10.7 Å². The van der Waals surface area contributed by atoms with Gasteiger partial charge >= 0.3 is 0 Å². The lowest BCUT2D eigenvalue weighted by molar-refractivity contribution is 0.102. The van der Waals surface area contributed by atoms with E-state index in [1.54, 1.807) is 36.4 Å². The number of amides is 1. The van der Waals surface area contributed by atoms with Crippen molar-refractivity contribution in [2.24, 2.45) is 5.84 Å². The first-order chi connectivity index (χ1) is 9.63. The summed E-state index contributed by atoms with van der Waals surface area (Å²) in [7, 11) is 0. The van der Waals surface area contributed by atoms with Crippen LogP contribution < -0.4 is 16.6 Å². The number of nitrogen functional groups attached to an aromatic ring is 1. The van der Waals surface area contributed by atoms with Crippen LogP contribution in [0.2, 0.25) is 5.02 Å². The van der Waals surface area contributed by atoms with Crippen molar-refractivity contribution in [1.82, 2.24) is 0 Å². The van der Waals surface area contributed by atoms with Crippen molar-refractivity contribution in [3.8, 4) is 0 Å². The number of hydrazine groups is 1. The minimum Gasteiger partial charge on any atom is -0.392 e. The van der Waals surface area contributed by atoms with Gasteiger partial charge in [0.25, 0.3) is 5.91 Å². The number of rotatable bonds is 4. The van der Waals surface area contributed by atoms with Gasteiger partial charge in [-0.05, 0) is 35.9 Å². The van der Waals surface area contributed by atoms with Crippen LogP contribution in [0.15, 0.2) is 42.5 Å². The topological polar surface area (TPSA) is 87.4 Å². The van der Waals surface area contributed by atoms with Gasteiger partial charge in [-0.1, -0.05) is 23.7 Å². The zero-order valence-electron chi connectivity index (χ0n) is 10.6. The quantitative estimate of drug-likeness (QED) is 0.514. The third kappa shape index (κ3) is 3.27. The van der Waals surface area contributed by atoms with Crippen LogP contribution in [0.25, 0.3) is 0 Å². The second-order valence-electron chi connectivity index (χ2n) is 4.14. The maximum absolute atomic E-state index is 12.2. The molecule has 5 nitrogen and oxygen atoms in total. The molecule has 0 unspecified atom stereocenters. The van der Waals surface area contributed by atoms with Gasteiger partial charge < -0.3 is 15.8 Å². The fraction of sp³-hybridized carbons (Fsp3) is 0.0714. The van der Waals surface area contributed by atoms with Crippen LogP contribution in [0, 0.1) is 0 Å². The van der Waals surface area contributed by atoms with E-state index in [4.69, 9.17) is 22.6 Å². The van der Waals surface area contributed by atoms with E-state index in [0.717, 1.165) is 5.56 Å². The standard InChI is InChI=1S/C14H14ClN3O2/c15-10-3-6-13(18-16)12(7-10)14(20)17-11-4-1-9(8-19)2-5-11/h1-7,18-19H,8,16H2,(H,17,20). The molecule has 0 bridgehead atoms. The van der Waals surface area contributed by atoms with Crippen LogP contribution in [-0.2, 0) is 6.61 Å². The maximum atomic E-state index is 12.2. The summed E-state index contributed by atoms with van der Waals surface area (Å²) >= 11 is 5.88. The molecule has 0 heterocycles. The molecule has 0 radical (unpaired) electrons. The van der Waals surface area contributed by atoms with E-state index >= 15 is 0 Å². The Balaban J connectivity index is 2.20. The second kappa shape index (κ2) is 6.38. The van der Waals surface area contributed by atoms with E-state index in [2.05, 4.69) is 10.7 Å². The Morgan fingerprint density at radius 3 is 2.50 bits per heavy atom. The molecule has 104 valence electrons. The van der Waals surface area contributed by atoms with Crippen molar-refractivity contribution in [1.29, 1.82) is 0 Å². The molecule has 0 atom stereocenters. The average molecular weight is 292 g/mol. The number of carbonyl (C=O) groups is 1. The van der Waals surface area contributed by atoms with Crippen molar-refractivity contribution >= 4 is 28.9 Å². The van der Waals surface area contributed by atoms with E-state index < -0.39 is 0 Å². The van der Waals surface area contributed by atoms with E-state index in [9.17, 15) is 4.79 Å². The molecule has 0 aliphatic heterocycles.